The van der Waals surface area contributed by atoms with Crippen molar-refractivity contribution in [1.29, 1.82) is 0 Å². The maximum absolute atomic E-state index is 12.6. The van der Waals surface area contributed by atoms with E-state index in [1.165, 1.54) is 26.2 Å². The number of nitrogens with zero attached hydrogens (tertiary/aromatic N) is 1. The van der Waals surface area contributed by atoms with Crippen molar-refractivity contribution in [1.82, 2.24) is 10.6 Å². The molecule has 0 bridgehead atoms. The number of benzene rings is 2. The van der Waals surface area contributed by atoms with Gasteiger partial charge in [0.15, 0.2) is 5.96 Å². The number of para-hydroxylation sites is 1. The summed E-state index contributed by atoms with van der Waals surface area (Å²) < 4.78 is 47.1. The summed E-state index contributed by atoms with van der Waals surface area (Å²) in [5, 5.41) is 8.74. The molecule has 3 N–H and O–H groups in total. The highest BCUT2D eigenvalue weighted by Crippen LogP contribution is 2.27. The van der Waals surface area contributed by atoms with E-state index in [9.17, 15) is 18.0 Å². The second-order valence-corrected chi connectivity index (χ2v) is 6.42. The van der Waals surface area contributed by atoms with E-state index >= 15 is 0 Å². The average Bonchev–Trinajstić information content (AvgIpc) is 2.69. The first kappa shape index (κ1) is 23.8. The van der Waals surface area contributed by atoms with Gasteiger partial charge in [0.2, 0.25) is 5.91 Å². The van der Waals surface area contributed by atoms with Gasteiger partial charge in [-0.25, -0.2) is 4.99 Å². The Hall–Kier alpha value is -3.43. The molecule has 2 aromatic carbocycles. The molecule has 0 aliphatic carbocycles. The van der Waals surface area contributed by atoms with Crippen molar-refractivity contribution < 1.29 is 27.4 Å². The highest BCUT2D eigenvalue weighted by atomic mass is 19.4. The van der Waals surface area contributed by atoms with Crippen molar-refractivity contribution in [2.24, 2.45) is 4.99 Å². The Kier molecular flexibility index (Phi) is 8.53. The minimum absolute atomic E-state index is 0.0812. The van der Waals surface area contributed by atoms with Gasteiger partial charge in [-0.3, -0.25) is 4.79 Å². The molecule has 7 nitrogen and oxygen atoms in total. The number of hydrogen-bond donors (Lipinski definition) is 3. The number of aliphatic imine (C=N–C) groups is 1. The normalized spacial score (nSPS) is 11.6. The van der Waals surface area contributed by atoms with E-state index < -0.39 is 6.36 Å². The molecule has 0 aliphatic heterocycles. The summed E-state index contributed by atoms with van der Waals surface area (Å²) in [5.74, 6) is 0.442. The Labute approximate surface area is 178 Å². The number of ether oxygens (including phenoxy) is 2. The number of halogens is 3. The molecule has 0 aliphatic rings. The average molecular weight is 438 g/mol. The van der Waals surface area contributed by atoms with Crippen LogP contribution in [0.1, 0.15) is 25.0 Å². The van der Waals surface area contributed by atoms with E-state index in [0.29, 0.717) is 29.5 Å². The fourth-order valence-corrected chi connectivity index (χ4v) is 2.71. The summed E-state index contributed by atoms with van der Waals surface area (Å²) in [7, 11) is 1.51. The molecule has 168 valence electrons. The highest BCUT2D eigenvalue weighted by molar-refractivity contribution is 5.90. The lowest BCUT2D eigenvalue weighted by atomic mass is 10.2. The third kappa shape index (κ3) is 8.07. The van der Waals surface area contributed by atoms with Gasteiger partial charge < -0.3 is 25.4 Å². The number of amides is 1. The lowest BCUT2D eigenvalue weighted by Crippen LogP contribution is -2.37. The molecule has 0 spiro atoms. The lowest BCUT2D eigenvalue weighted by molar-refractivity contribution is -0.274. The number of carbonyl (C=O) groups is 1. The van der Waals surface area contributed by atoms with Crippen LogP contribution < -0.4 is 25.4 Å². The van der Waals surface area contributed by atoms with Gasteiger partial charge in [-0.2, -0.15) is 0 Å². The van der Waals surface area contributed by atoms with E-state index in [0.717, 1.165) is 5.56 Å². The van der Waals surface area contributed by atoms with Gasteiger partial charge in [0.05, 0.1) is 19.3 Å². The second-order valence-electron chi connectivity index (χ2n) is 6.42. The molecule has 0 heterocycles. The van der Waals surface area contributed by atoms with Crippen LogP contribution in [0.4, 0.5) is 18.9 Å². The topological polar surface area (TPSA) is 84.0 Å². The van der Waals surface area contributed by atoms with E-state index in [2.05, 4.69) is 25.7 Å². The smallest absolute Gasteiger partial charge is 0.495 e. The zero-order chi connectivity index (χ0) is 22.9. The molecule has 0 unspecified atom stereocenters. The molecular weight excluding hydrogens is 413 g/mol. The lowest BCUT2D eigenvalue weighted by Gasteiger charge is -2.15. The first-order valence-corrected chi connectivity index (χ1v) is 9.52. The van der Waals surface area contributed by atoms with E-state index in [4.69, 9.17) is 4.74 Å². The monoisotopic (exact) mass is 438 g/mol. The third-order valence-corrected chi connectivity index (χ3v) is 3.98. The quantitative estimate of drug-likeness (QED) is 0.431. The number of methoxy groups -OCH3 is 1. The minimum Gasteiger partial charge on any atom is -0.495 e. The van der Waals surface area contributed by atoms with E-state index in [1.54, 1.807) is 24.3 Å². The van der Waals surface area contributed by atoms with Crippen LogP contribution in [0.5, 0.6) is 11.5 Å². The second kappa shape index (κ2) is 11.1. The number of hydrogen-bond acceptors (Lipinski definition) is 4. The van der Waals surface area contributed by atoms with Crippen LogP contribution in [0.3, 0.4) is 0 Å². The van der Waals surface area contributed by atoms with Gasteiger partial charge >= 0.3 is 6.36 Å². The molecule has 0 saturated carbocycles. The van der Waals surface area contributed by atoms with Crippen molar-refractivity contribution in [2.75, 3.05) is 19.0 Å². The van der Waals surface area contributed by atoms with Crippen LogP contribution in [0.15, 0.2) is 47.5 Å². The SMILES string of the molecule is CCNC(=NCc1ccc(OC)c(NC(C)=O)c1)NCc1ccccc1OC(F)(F)F. The Bertz CT molecular complexity index is 917. The Morgan fingerprint density at radius 2 is 1.84 bits per heavy atom. The Morgan fingerprint density at radius 3 is 2.48 bits per heavy atom. The van der Waals surface area contributed by atoms with Crippen LogP contribution in [0.25, 0.3) is 0 Å². The van der Waals surface area contributed by atoms with Gasteiger partial charge in [-0.1, -0.05) is 24.3 Å². The van der Waals surface area contributed by atoms with Crippen LogP contribution in [0.2, 0.25) is 0 Å². The van der Waals surface area contributed by atoms with Gasteiger partial charge in [-0.05, 0) is 30.7 Å². The molecule has 2 aromatic rings. The summed E-state index contributed by atoms with van der Waals surface area (Å²) in [5.41, 5.74) is 1.67. The Morgan fingerprint density at radius 1 is 1.10 bits per heavy atom. The molecule has 2 rings (SSSR count). The van der Waals surface area contributed by atoms with Crippen molar-refractivity contribution in [2.45, 2.75) is 33.3 Å². The first-order chi connectivity index (χ1) is 14.7. The summed E-state index contributed by atoms with van der Waals surface area (Å²) in [6.07, 6.45) is -4.77. The Balaban J connectivity index is 2.12. The fraction of sp³-hybridized carbons (Fsp3) is 0.333. The molecule has 0 saturated heterocycles. The molecule has 10 heteroatoms. The largest absolute Gasteiger partial charge is 0.573 e. The minimum atomic E-state index is -4.77. The molecule has 0 radical (unpaired) electrons. The van der Waals surface area contributed by atoms with E-state index in [1.807, 2.05) is 13.0 Å². The van der Waals surface area contributed by atoms with Crippen LogP contribution in [-0.2, 0) is 17.9 Å². The van der Waals surface area contributed by atoms with Gasteiger partial charge in [0, 0.05) is 25.6 Å². The van der Waals surface area contributed by atoms with E-state index in [-0.39, 0.29) is 24.7 Å². The number of alkyl halides is 3. The zero-order valence-corrected chi connectivity index (χ0v) is 17.5. The fourth-order valence-electron chi connectivity index (χ4n) is 2.71. The summed E-state index contributed by atoms with van der Waals surface area (Å²) in [6.45, 7) is 4.19. The number of guanidine groups is 1. The molecule has 0 atom stereocenters. The number of rotatable bonds is 8. The molecular formula is C21H25F3N4O3. The van der Waals surface area contributed by atoms with Gasteiger partial charge in [0.1, 0.15) is 11.5 Å². The molecule has 1 amide bonds. The maximum atomic E-state index is 12.6. The molecule has 31 heavy (non-hydrogen) atoms. The zero-order valence-electron chi connectivity index (χ0n) is 17.5. The van der Waals surface area contributed by atoms with Crippen LogP contribution in [-0.4, -0.2) is 31.9 Å². The van der Waals surface area contributed by atoms with Crippen molar-refractivity contribution in [3.8, 4) is 11.5 Å². The summed E-state index contributed by atoms with van der Waals surface area (Å²) in [4.78, 5) is 15.8. The number of nitrogens with one attached hydrogen (secondary N) is 3. The predicted molar refractivity (Wildman–Crippen MR) is 112 cm³/mol. The summed E-state index contributed by atoms with van der Waals surface area (Å²) in [6, 6.07) is 11.2. The highest BCUT2D eigenvalue weighted by Gasteiger charge is 2.31. The predicted octanol–water partition coefficient (Wildman–Crippen LogP) is 3.81. The third-order valence-electron chi connectivity index (χ3n) is 3.98. The first-order valence-electron chi connectivity index (χ1n) is 9.52. The maximum Gasteiger partial charge on any atom is 0.573 e. The summed E-state index contributed by atoms with van der Waals surface area (Å²) >= 11 is 0. The number of anilines is 1. The van der Waals surface area contributed by atoms with Gasteiger partial charge in [0.25, 0.3) is 0 Å². The standard InChI is InChI=1S/C21H25F3N4O3/c1-4-25-20(27-13-16-7-5-6-8-18(16)31-21(22,23)24)26-12-15-9-10-19(30-3)17(11-15)28-14(2)29/h5-11H,4,12-13H2,1-3H3,(H,28,29)(H2,25,26,27). The van der Waals surface area contributed by atoms with Crippen LogP contribution in [0, 0.1) is 0 Å². The van der Waals surface area contributed by atoms with Crippen LogP contribution >= 0.6 is 0 Å². The molecule has 0 fully saturated rings. The van der Waals surface area contributed by atoms with Crippen molar-refractivity contribution in [3.63, 3.8) is 0 Å². The van der Waals surface area contributed by atoms with Crippen molar-refractivity contribution >= 4 is 17.6 Å². The van der Waals surface area contributed by atoms with Gasteiger partial charge in [-0.15, -0.1) is 13.2 Å². The number of carbonyl (C=O) groups excluding carboxylic acids is 1. The van der Waals surface area contributed by atoms with Crippen molar-refractivity contribution in [3.05, 3.63) is 53.6 Å². The molecule has 0 aromatic heterocycles.